The number of likely N-dealkylation sites (tertiary alicyclic amines) is 1. The summed E-state index contributed by atoms with van der Waals surface area (Å²) in [5.41, 5.74) is 6.53. The van der Waals surface area contributed by atoms with E-state index in [0.29, 0.717) is 18.8 Å². The van der Waals surface area contributed by atoms with Crippen LogP contribution in [0.2, 0.25) is 0 Å². The third-order valence-corrected chi connectivity index (χ3v) is 3.69. The van der Waals surface area contributed by atoms with E-state index in [2.05, 4.69) is 15.9 Å². The Hall–Kier alpha value is -1.04. The molecule has 1 aliphatic rings. The molecule has 1 atom stereocenters. The van der Waals surface area contributed by atoms with E-state index >= 15 is 0 Å². The van der Waals surface area contributed by atoms with Gasteiger partial charge < -0.3 is 15.1 Å². The number of benzene rings is 1. The van der Waals surface area contributed by atoms with Crippen molar-refractivity contribution in [2.45, 2.75) is 12.5 Å². The highest BCUT2D eigenvalue weighted by Crippen LogP contribution is 2.24. The standard InChI is InChI=1S/C13H13BrN2O2.ClH/c14-9-1-2-11-8(5-9)6-12(18-11)13(17)16-4-3-10(15)7-16;/h1-2,5-6,10H,3-4,7,15H2;1H/t10-;/m1./s1. The van der Waals surface area contributed by atoms with Gasteiger partial charge in [-0.2, -0.15) is 0 Å². The van der Waals surface area contributed by atoms with Gasteiger partial charge in [0, 0.05) is 29.0 Å². The molecule has 6 heteroatoms. The first-order chi connectivity index (χ1) is 8.63. The number of nitrogens with zero attached hydrogens (tertiary/aromatic N) is 1. The highest BCUT2D eigenvalue weighted by molar-refractivity contribution is 9.10. The Morgan fingerprint density at radius 2 is 2.21 bits per heavy atom. The average molecular weight is 346 g/mol. The largest absolute Gasteiger partial charge is 0.451 e. The quantitative estimate of drug-likeness (QED) is 0.864. The fourth-order valence-corrected chi connectivity index (χ4v) is 2.63. The predicted molar refractivity (Wildman–Crippen MR) is 79.7 cm³/mol. The van der Waals surface area contributed by atoms with Gasteiger partial charge in [0.05, 0.1) is 0 Å². The van der Waals surface area contributed by atoms with Crippen molar-refractivity contribution in [2.24, 2.45) is 5.73 Å². The molecular weight excluding hydrogens is 332 g/mol. The van der Waals surface area contributed by atoms with Crippen molar-refractivity contribution in [2.75, 3.05) is 13.1 Å². The zero-order valence-electron chi connectivity index (χ0n) is 10.1. The van der Waals surface area contributed by atoms with E-state index < -0.39 is 0 Å². The maximum Gasteiger partial charge on any atom is 0.289 e. The highest BCUT2D eigenvalue weighted by atomic mass is 79.9. The normalized spacial score (nSPS) is 18.6. The molecular formula is C13H14BrClN2O2. The third kappa shape index (κ3) is 2.78. The minimum Gasteiger partial charge on any atom is -0.451 e. The minimum atomic E-state index is -0.0738. The highest BCUT2D eigenvalue weighted by Gasteiger charge is 2.26. The lowest BCUT2D eigenvalue weighted by Crippen LogP contribution is -2.31. The zero-order valence-corrected chi connectivity index (χ0v) is 12.5. The van der Waals surface area contributed by atoms with Crippen LogP contribution in [0.4, 0.5) is 0 Å². The molecule has 4 nitrogen and oxygen atoms in total. The number of amides is 1. The van der Waals surface area contributed by atoms with Gasteiger partial charge in [-0.3, -0.25) is 4.79 Å². The summed E-state index contributed by atoms with van der Waals surface area (Å²) in [5, 5.41) is 0.927. The SMILES string of the molecule is Cl.N[C@@H]1CCN(C(=O)c2cc3cc(Br)ccc3o2)C1. The molecule has 0 radical (unpaired) electrons. The van der Waals surface area contributed by atoms with E-state index in [1.165, 1.54) is 0 Å². The van der Waals surface area contributed by atoms with E-state index in [1.54, 1.807) is 11.0 Å². The van der Waals surface area contributed by atoms with E-state index in [0.717, 1.165) is 21.9 Å². The molecule has 3 rings (SSSR count). The summed E-state index contributed by atoms with van der Waals surface area (Å²) < 4.78 is 6.55. The maximum atomic E-state index is 12.2. The van der Waals surface area contributed by atoms with Crippen LogP contribution in [0.3, 0.4) is 0 Å². The van der Waals surface area contributed by atoms with Gasteiger partial charge in [-0.05, 0) is 30.7 Å². The number of nitrogens with two attached hydrogens (primary N) is 1. The number of hydrogen-bond donors (Lipinski definition) is 1. The van der Waals surface area contributed by atoms with Gasteiger partial charge >= 0.3 is 0 Å². The Morgan fingerprint density at radius 1 is 1.42 bits per heavy atom. The Morgan fingerprint density at radius 3 is 2.89 bits per heavy atom. The number of carbonyl (C=O) groups excluding carboxylic acids is 1. The predicted octanol–water partition coefficient (Wildman–Crippen LogP) is 2.79. The van der Waals surface area contributed by atoms with Gasteiger partial charge in [-0.15, -0.1) is 12.4 Å². The number of rotatable bonds is 1. The summed E-state index contributed by atoms with van der Waals surface area (Å²) in [7, 11) is 0. The minimum absolute atomic E-state index is 0. The zero-order chi connectivity index (χ0) is 12.7. The summed E-state index contributed by atoms with van der Waals surface area (Å²) >= 11 is 3.40. The Balaban J connectivity index is 0.00000133. The van der Waals surface area contributed by atoms with Crippen molar-refractivity contribution in [3.8, 4) is 0 Å². The van der Waals surface area contributed by atoms with E-state index in [-0.39, 0.29) is 24.4 Å². The molecule has 2 N–H and O–H groups in total. The molecule has 19 heavy (non-hydrogen) atoms. The van der Waals surface area contributed by atoms with Crippen LogP contribution in [0.25, 0.3) is 11.0 Å². The second kappa shape index (κ2) is 5.53. The summed E-state index contributed by atoms with van der Waals surface area (Å²) in [6, 6.07) is 7.56. The molecule has 0 aliphatic carbocycles. The van der Waals surface area contributed by atoms with Crippen molar-refractivity contribution in [1.82, 2.24) is 4.90 Å². The molecule has 0 saturated carbocycles. The van der Waals surface area contributed by atoms with Crippen LogP contribution in [0.5, 0.6) is 0 Å². The summed E-state index contributed by atoms with van der Waals surface area (Å²) in [5.74, 6) is 0.312. The maximum absolute atomic E-state index is 12.2. The Labute approximate surface area is 125 Å². The topological polar surface area (TPSA) is 59.5 Å². The fraction of sp³-hybridized carbons (Fsp3) is 0.308. The molecule has 0 unspecified atom stereocenters. The van der Waals surface area contributed by atoms with Crippen molar-refractivity contribution in [3.63, 3.8) is 0 Å². The first-order valence-corrected chi connectivity index (χ1v) is 6.67. The molecule has 2 aromatic rings. The Kier molecular flexibility index (Phi) is 4.18. The van der Waals surface area contributed by atoms with Crippen LogP contribution >= 0.6 is 28.3 Å². The smallest absolute Gasteiger partial charge is 0.289 e. The van der Waals surface area contributed by atoms with Crippen molar-refractivity contribution >= 4 is 45.2 Å². The van der Waals surface area contributed by atoms with Crippen molar-refractivity contribution in [1.29, 1.82) is 0 Å². The van der Waals surface area contributed by atoms with E-state index in [4.69, 9.17) is 10.2 Å². The lowest BCUT2D eigenvalue weighted by atomic mass is 10.2. The van der Waals surface area contributed by atoms with Crippen molar-refractivity contribution < 1.29 is 9.21 Å². The Bertz CT molecular complexity index is 614. The monoisotopic (exact) mass is 344 g/mol. The lowest BCUT2D eigenvalue weighted by molar-refractivity contribution is 0.0761. The van der Waals surface area contributed by atoms with Crippen LogP contribution in [-0.2, 0) is 0 Å². The van der Waals surface area contributed by atoms with Gasteiger partial charge in [0.1, 0.15) is 5.58 Å². The van der Waals surface area contributed by atoms with Gasteiger partial charge in [0.2, 0.25) is 0 Å². The van der Waals surface area contributed by atoms with Crippen molar-refractivity contribution in [3.05, 3.63) is 34.5 Å². The second-order valence-electron chi connectivity index (χ2n) is 4.59. The summed E-state index contributed by atoms with van der Waals surface area (Å²) in [4.78, 5) is 14.0. The second-order valence-corrected chi connectivity index (χ2v) is 5.51. The molecule has 2 heterocycles. The first-order valence-electron chi connectivity index (χ1n) is 5.87. The van der Waals surface area contributed by atoms with Gasteiger partial charge in [0.25, 0.3) is 5.91 Å². The van der Waals surface area contributed by atoms with Gasteiger partial charge in [0.15, 0.2) is 5.76 Å². The molecule has 1 aromatic heterocycles. The van der Waals surface area contributed by atoms with Gasteiger partial charge in [-0.25, -0.2) is 0 Å². The number of carbonyl (C=O) groups is 1. The van der Waals surface area contributed by atoms with Crippen LogP contribution in [0.15, 0.2) is 33.2 Å². The number of furan rings is 1. The van der Waals surface area contributed by atoms with Crippen LogP contribution < -0.4 is 5.73 Å². The van der Waals surface area contributed by atoms with Crippen LogP contribution in [0, 0.1) is 0 Å². The molecule has 0 spiro atoms. The number of hydrogen-bond acceptors (Lipinski definition) is 3. The lowest BCUT2D eigenvalue weighted by Gasteiger charge is -2.13. The molecule has 102 valence electrons. The van der Waals surface area contributed by atoms with E-state index in [9.17, 15) is 4.79 Å². The number of halogens is 2. The summed E-state index contributed by atoms with van der Waals surface area (Å²) in [6.07, 6.45) is 0.859. The molecule has 1 aromatic carbocycles. The summed E-state index contributed by atoms with van der Waals surface area (Å²) in [6.45, 7) is 1.32. The van der Waals surface area contributed by atoms with Crippen LogP contribution in [-0.4, -0.2) is 29.9 Å². The molecule has 1 fully saturated rings. The fourth-order valence-electron chi connectivity index (χ4n) is 2.25. The molecule has 1 aliphatic heterocycles. The number of fused-ring (bicyclic) bond motifs is 1. The van der Waals surface area contributed by atoms with E-state index in [1.807, 2.05) is 18.2 Å². The molecule has 0 bridgehead atoms. The van der Waals surface area contributed by atoms with Crippen LogP contribution in [0.1, 0.15) is 17.0 Å². The first kappa shape index (κ1) is 14.4. The molecule has 1 amide bonds. The van der Waals surface area contributed by atoms with Gasteiger partial charge in [-0.1, -0.05) is 15.9 Å². The third-order valence-electron chi connectivity index (χ3n) is 3.20. The average Bonchev–Trinajstić information content (AvgIpc) is 2.93. The molecule has 1 saturated heterocycles.